The fourth-order valence-electron chi connectivity index (χ4n) is 2.74. The van der Waals surface area contributed by atoms with Gasteiger partial charge in [-0.3, -0.25) is 29.3 Å². The molecule has 2 aliphatic rings. The van der Waals surface area contributed by atoms with E-state index in [1.807, 2.05) is 0 Å². The summed E-state index contributed by atoms with van der Waals surface area (Å²) in [5.41, 5.74) is 21.2. The molecule has 0 spiro atoms. The number of hydrogen-bond acceptors (Lipinski definition) is 12. The van der Waals surface area contributed by atoms with Gasteiger partial charge in [-0.25, -0.2) is 0 Å². The third-order valence-corrected chi connectivity index (χ3v) is 4.60. The zero-order valence-electron chi connectivity index (χ0n) is 19.5. The maximum Gasteiger partial charge on any atom is 1.00 e. The summed E-state index contributed by atoms with van der Waals surface area (Å²) in [6.07, 6.45) is -0.930. The number of nitro groups is 2. The number of rotatable bonds is 7. The molecule has 0 N–H and O–H groups in total. The molecule has 2 heterocycles. The number of nitrogens with zero attached hydrogens (tertiary/aromatic N) is 8. The van der Waals surface area contributed by atoms with Crippen molar-refractivity contribution in [2.75, 3.05) is 19.4 Å². The van der Waals surface area contributed by atoms with Crippen LogP contribution in [0.25, 0.3) is 26.4 Å². The van der Waals surface area contributed by atoms with Crippen LogP contribution in [0.4, 0.5) is 11.4 Å². The smallest absolute Gasteiger partial charge is 0.451 e. The third-order valence-electron chi connectivity index (χ3n) is 4.04. The molecule has 2 unspecified atom stereocenters. The Hall–Kier alpha value is -4.03. The summed E-state index contributed by atoms with van der Waals surface area (Å²) in [4.78, 5) is 24.3. The zero-order chi connectivity index (χ0) is 27.6. The van der Waals surface area contributed by atoms with Crippen LogP contribution in [-0.4, -0.2) is 50.3 Å². The largest absolute Gasteiger partial charge is 1.00 e. The number of hydrogen-bond donors (Lipinski definition) is 0. The first-order valence-electron chi connectivity index (χ1n) is 9.55. The van der Waals surface area contributed by atoms with E-state index in [4.69, 9.17) is 35.5 Å². The Morgan fingerprint density at radius 3 is 1.79 bits per heavy atom. The van der Waals surface area contributed by atoms with E-state index in [-0.39, 0.29) is 77.1 Å². The predicted octanol–water partition coefficient (Wildman–Crippen LogP) is 0.541. The summed E-state index contributed by atoms with van der Waals surface area (Å²) >= 11 is 0. The number of ether oxygens (including phenoxy) is 4. The van der Waals surface area contributed by atoms with Gasteiger partial charge in [0.2, 0.25) is 17.8 Å². The van der Waals surface area contributed by atoms with Crippen molar-refractivity contribution in [3.05, 3.63) is 83.0 Å². The molecule has 19 nitrogen and oxygen atoms in total. The molecule has 0 saturated heterocycles. The molecule has 196 valence electrons. The van der Waals surface area contributed by atoms with Crippen LogP contribution in [0.1, 0.15) is 0 Å². The summed E-state index contributed by atoms with van der Waals surface area (Å²) in [5.74, 6) is 0.522. The molecule has 0 saturated carbocycles. The second-order valence-corrected chi connectivity index (χ2v) is 8.19. The van der Waals surface area contributed by atoms with Crippen molar-refractivity contribution in [2.24, 2.45) is 5.11 Å². The predicted molar refractivity (Wildman–Crippen MR) is 121 cm³/mol. The molecular weight excluding hydrogens is 547 g/mol. The summed E-state index contributed by atoms with van der Waals surface area (Å²) in [5, 5.41) is 24.7. The van der Waals surface area contributed by atoms with Gasteiger partial charge in [-0.05, 0) is 17.7 Å². The number of fused-ring (bicyclic) bond motifs is 2. The Morgan fingerprint density at radius 1 is 0.921 bits per heavy atom. The first-order valence-corrected chi connectivity index (χ1v) is 11.4. The minimum absolute atomic E-state index is 0. The van der Waals surface area contributed by atoms with Crippen LogP contribution in [-0.2, 0) is 14.3 Å². The number of nitro benzene ring substituents is 2. The van der Waals surface area contributed by atoms with Crippen molar-refractivity contribution in [2.45, 2.75) is 12.6 Å². The van der Waals surface area contributed by atoms with E-state index in [9.17, 15) is 28.6 Å². The van der Waals surface area contributed by atoms with E-state index in [1.54, 1.807) is 6.07 Å². The van der Waals surface area contributed by atoms with Crippen LogP contribution in [0.2, 0.25) is 0 Å². The Morgan fingerprint density at radius 2 is 1.37 bits per heavy atom. The Kier molecular flexibility index (Phi) is 12.3. The molecule has 0 radical (unpaired) electrons. The maximum absolute atomic E-state index is 10.8. The summed E-state index contributed by atoms with van der Waals surface area (Å²) in [7, 11) is -3.62. The van der Waals surface area contributed by atoms with Gasteiger partial charge in [0.1, 0.15) is 13.2 Å². The molecule has 0 fully saturated rings. The standard InChI is InChI=1S/C9H9NO7S.C8H6N4O4.N3.Na/c1-18(13,14)15-5-8-16-7-4-2-3-6(10(11)12)9(7)17-8;9-11-10-4-7-15-6-3-1-2-5(12(13)14)8(6)16-7;1-3-2;/h2-4,8H,5H2,1H3;1-3,7H,4H2;;/q;;-1;+1. The van der Waals surface area contributed by atoms with Crippen molar-refractivity contribution in [3.63, 3.8) is 0 Å². The van der Waals surface area contributed by atoms with E-state index in [0.717, 1.165) is 6.26 Å². The monoisotopic (exact) mass is 562 g/mol. The molecule has 2 aromatic rings. The average Bonchev–Trinajstić information content (AvgIpc) is 3.44. The van der Waals surface area contributed by atoms with Crippen LogP contribution >= 0.6 is 0 Å². The Balaban J connectivity index is 0.000000338. The van der Waals surface area contributed by atoms with Crippen molar-refractivity contribution in [1.82, 2.24) is 0 Å². The van der Waals surface area contributed by atoms with Crippen LogP contribution in [0.5, 0.6) is 23.0 Å². The molecule has 21 heteroatoms. The summed E-state index contributed by atoms with van der Waals surface area (Å²) in [6, 6.07) is 8.57. The third kappa shape index (κ3) is 9.12. The van der Waals surface area contributed by atoms with Crippen molar-refractivity contribution >= 4 is 21.5 Å². The van der Waals surface area contributed by atoms with Gasteiger partial charge in [0.15, 0.2) is 11.5 Å². The van der Waals surface area contributed by atoms with Gasteiger partial charge in [0, 0.05) is 17.0 Å². The Bertz CT molecular complexity index is 1360. The number of para-hydroxylation sites is 2. The van der Waals surface area contributed by atoms with Gasteiger partial charge in [-0.2, -0.15) is 8.42 Å². The van der Waals surface area contributed by atoms with Crippen LogP contribution < -0.4 is 48.5 Å². The first-order chi connectivity index (χ1) is 17.5. The van der Waals surface area contributed by atoms with E-state index in [1.165, 1.54) is 35.2 Å². The van der Waals surface area contributed by atoms with Crippen LogP contribution in [0.15, 0.2) is 41.5 Å². The summed E-state index contributed by atoms with van der Waals surface area (Å²) < 4.78 is 46.8. The molecular formula is C17H15N8NaO11S. The Labute approximate surface area is 234 Å². The second kappa shape index (κ2) is 14.6. The minimum atomic E-state index is -3.62. The molecule has 0 amide bonds. The van der Waals surface area contributed by atoms with Crippen LogP contribution in [0.3, 0.4) is 0 Å². The first kappa shape index (κ1) is 32.0. The van der Waals surface area contributed by atoms with Gasteiger partial charge in [0.25, 0.3) is 16.4 Å². The zero-order valence-corrected chi connectivity index (χ0v) is 22.3. The SMILES string of the molecule is CS(=O)(=O)OCC1Oc2cccc([N+](=O)[O-])c2O1.[N-]=[N+]=NCC1Oc2cccc([N+](=O)[O-])c2O1.[N-]=[N+]=[N-].[Na+]. The quantitative estimate of drug-likeness (QED) is 0.0853. The molecule has 0 aliphatic carbocycles. The topological polar surface area (TPSA) is 274 Å². The van der Waals surface area contributed by atoms with E-state index in [2.05, 4.69) is 14.2 Å². The fourth-order valence-corrected chi connectivity index (χ4v) is 3.10. The molecule has 2 atom stereocenters. The molecule has 2 aromatic carbocycles. The van der Waals surface area contributed by atoms with E-state index < -0.39 is 32.5 Å². The number of azide groups is 1. The maximum atomic E-state index is 10.8. The van der Waals surface area contributed by atoms with Crippen molar-refractivity contribution in [3.8, 4) is 23.0 Å². The molecule has 0 aromatic heterocycles. The minimum Gasteiger partial charge on any atom is -0.451 e. The second-order valence-electron chi connectivity index (χ2n) is 6.55. The van der Waals surface area contributed by atoms with Crippen molar-refractivity contribution in [1.29, 1.82) is 0 Å². The fraction of sp³-hybridized carbons (Fsp3) is 0.294. The van der Waals surface area contributed by atoms with Gasteiger partial charge in [-0.15, -0.1) is 0 Å². The van der Waals surface area contributed by atoms with Crippen molar-refractivity contribution < 1.29 is 71.0 Å². The molecule has 38 heavy (non-hydrogen) atoms. The van der Waals surface area contributed by atoms with Gasteiger partial charge >= 0.3 is 40.9 Å². The average molecular weight is 562 g/mol. The van der Waals surface area contributed by atoms with E-state index in [0.29, 0.717) is 0 Å². The van der Waals surface area contributed by atoms with Crippen LogP contribution in [0, 0.1) is 20.2 Å². The van der Waals surface area contributed by atoms with Gasteiger partial charge in [0.05, 0.1) is 16.1 Å². The van der Waals surface area contributed by atoms with E-state index >= 15 is 0 Å². The molecule has 0 bridgehead atoms. The normalized spacial score (nSPS) is 15.6. The molecule has 2 aliphatic heterocycles. The summed E-state index contributed by atoms with van der Waals surface area (Å²) in [6.45, 7) is -0.410. The van der Waals surface area contributed by atoms with Gasteiger partial charge < -0.3 is 30.0 Å². The molecule has 4 rings (SSSR count). The number of benzene rings is 2. The van der Waals surface area contributed by atoms with Gasteiger partial charge in [-0.1, -0.05) is 17.2 Å².